The smallest absolute Gasteiger partial charge is 0.322 e. The van der Waals surface area contributed by atoms with Gasteiger partial charge in [0.2, 0.25) is 0 Å². The minimum atomic E-state index is -0.981. The molecule has 30 heavy (non-hydrogen) atoms. The van der Waals surface area contributed by atoms with Crippen LogP contribution in [0.15, 0.2) is 46.7 Å². The number of thioether (sulfide) groups is 1. The molecule has 2 saturated heterocycles. The van der Waals surface area contributed by atoms with Crippen LogP contribution < -0.4 is 10.6 Å². The van der Waals surface area contributed by atoms with Gasteiger partial charge < -0.3 is 10.2 Å². The summed E-state index contributed by atoms with van der Waals surface area (Å²) >= 11 is 3.17. The van der Waals surface area contributed by atoms with Gasteiger partial charge in [0, 0.05) is 48.2 Å². The van der Waals surface area contributed by atoms with Gasteiger partial charge in [-0.1, -0.05) is 18.2 Å². The van der Waals surface area contributed by atoms with Crippen molar-refractivity contribution in [3.63, 3.8) is 0 Å². The third kappa shape index (κ3) is 4.53. The molecule has 2 aromatic rings. The Labute approximate surface area is 183 Å². The van der Waals surface area contributed by atoms with E-state index in [1.54, 1.807) is 18.3 Å². The Kier molecular flexibility index (Phi) is 6.12. The number of hydrogen-bond donors (Lipinski definition) is 2. The molecule has 0 saturated carbocycles. The minimum Gasteiger partial charge on any atom is -0.336 e. The van der Waals surface area contributed by atoms with Crippen molar-refractivity contribution in [2.75, 3.05) is 31.9 Å². The molecule has 0 radical (unpaired) electrons. The molecule has 4 rings (SSSR count). The van der Waals surface area contributed by atoms with Crippen molar-refractivity contribution in [1.82, 2.24) is 20.4 Å². The van der Waals surface area contributed by atoms with Crippen molar-refractivity contribution >= 4 is 40.9 Å². The van der Waals surface area contributed by atoms with Gasteiger partial charge in [-0.05, 0) is 30.5 Å². The van der Waals surface area contributed by atoms with Crippen molar-refractivity contribution in [2.24, 2.45) is 0 Å². The lowest BCUT2D eigenvalue weighted by Crippen LogP contribution is -2.48. The average molecular weight is 445 g/mol. The number of urea groups is 1. The zero-order valence-corrected chi connectivity index (χ0v) is 18.4. The first-order chi connectivity index (χ1) is 14.4. The summed E-state index contributed by atoms with van der Waals surface area (Å²) < 4.78 is 0. The monoisotopic (exact) mass is 444 g/mol. The molecule has 0 bridgehead atoms. The second-order valence-electron chi connectivity index (χ2n) is 7.67. The molecule has 1 aromatic heterocycles. The highest BCUT2D eigenvalue weighted by Crippen LogP contribution is 2.28. The van der Waals surface area contributed by atoms with Crippen LogP contribution in [0.4, 0.5) is 4.79 Å². The molecule has 2 fully saturated rings. The average Bonchev–Trinajstić information content (AvgIpc) is 3.34. The lowest BCUT2D eigenvalue weighted by molar-refractivity contribution is -0.122. The largest absolute Gasteiger partial charge is 0.336 e. The molecular formula is C21H24N4O3S2. The predicted octanol–water partition coefficient (Wildman–Crippen LogP) is 2.40. The fourth-order valence-electron chi connectivity index (χ4n) is 3.57. The molecular weight excluding hydrogens is 420 g/mol. The number of hydrogen-bond acceptors (Lipinski definition) is 6. The topological polar surface area (TPSA) is 81.8 Å². The van der Waals surface area contributed by atoms with Crippen LogP contribution in [0.2, 0.25) is 0 Å². The maximum absolute atomic E-state index is 13.2. The summed E-state index contributed by atoms with van der Waals surface area (Å²) in [6.07, 6.45) is 0. The van der Waals surface area contributed by atoms with Crippen LogP contribution in [0, 0.1) is 0 Å². The third-order valence-corrected chi connectivity index (χ3v) is 7.62. The van der Waals surface area contributed by atoms with Crippen molar-refractivity contribution in [1.29, 1.82) is 0 Å². The molecule has 0 unspecified atom stereocenters. The molecule has 0 spiro atoms. The number of benzene rings is 1. The molecule has 2 aliphatic heterocycles. The van der Waals surface area contributed by atoms with E-state index in [1.807, 2.05) is 29.2 Å². The first-order valence-corrected chi connectivity index (χ1v) is 11.7. The normalized spacial score (nSPS) is 22.1. The van der Waals surface area contributed by atoms with E-state index in [0.717, 1.165) is 24.5 Å². The van der Waals surface area contributed by atoms with E-state index in [-0.39, 0.29) is 11.8 Å². The summed E-state index contributed by atoms with van der Waals surface area (Å²) in [6.45, 7) is 5.71. The van der Waals surface area contributed by atoms with Gasteiger partial charge in [0.1, 0.15) is 5.54 Å². The first kappa shape index (κ1) is 20.9. The Morgan fingerprint density at radius 1 is 1.13 bits per heavy atom. The number of rotatable bonds is 6. The Bertz CT molecular complexity index is 941. The number of nitrogens with zero attached hydrogens (tertiary/aromatic N) is 2. The Morgan fingerprint density at radius 3 is 2.57 bits per heavy atom. The Morgan fingerprint density at radius 2 is 1.90 bits per heavy atom. The molecule has 1 aromatic carbocycles. The number of carbonyl (C=O) groups is 3. The molecule has 9 heteroatoms. The van der Waals surface area contributed by atoms with Gasteiger partial charge in [-0.25, -0.2) is 4.79 Å². The third-order valence-electron chi connectivity index (χ3n) is 5.37. The Balaban J connectivity index is 1.38. The molecule has 0 aliphatic carbocycles. The minimum absolute atomic E-state index is 0.0129. The highest BCUT2D eigenvalue weighted by molar-refractivity contribution is 7.99. The molecule has 4 amide bonds. The first-order valence-electron chi connectivity index (χ1n) is 9.84. The number of nitrogens with one attached hydrogen (secondary N) is 2. The second-order valence-corrected chi connectivity index (χ2v) is 9.72. The number of amides is 4. The zero-order chi connectivity index (χ0) is 21.1. The van der Waals surface area contributed by atoms with Gasteiger partial charge in [0.25, 0.3) is 11.8 Å². The predicted molar refractivity (Wildman–Crippen MR) is 118 cm³/mol. The zero-order valence-electron chi connectivity index (χ0n) is 16.7. The number of carbonyl (C=O) groups excluding carboxylic acids is 3. The van der Waals surface area contributed by atoms with E-state index in [0.29, 0.717) is 24.4 Å². The molecule has 3 heterocycles. The van der Waals surface area contributed by atoms with Crippen LogP contribution in [0.1, 0.15) is 22.2 Å². The van der Waals surface area contributed by atoms with Gasteiger partial charge in [-0.15, -0.1) is 23.1 Å². The van der Waals surface area contributed by atoms with E-state index in [1.165, 1.54) is 16.6 Å². The van der Waals surface area contributed by atoms with Crippen LogP contribution in [0.25, 0.3) is 0 Å². The van der Waals surface area contributed by atoms with Gasteiger partial charge in [-0.3, -0.25) is 19.8 Å². The van der Waals surface area contributed by atoms with Crippen LogP contribution >= 0.6 is 23.1 Å². The van der Waals surface area contributed by atoms with Crippen LogP contribution in [0.3, 0.4) is 0 Å². The summed E-state index contributed by atoms with van der Waals surface area (Å²) in [5, 5.41) is 7.02. The van der Waals surface area contributed by atoms with Crippen molar-refractivity contribution in [3.05, 3.63) is 52.2 Å². The van der Waals surface area contributed by atoms with E-state index in [9.17, 15) is 14.4 Å². The Hall–Kier alpha value is -2.36. The van der Waals surface area contributed by atoms with E-state index in [4.69, 9.17) is 0 Å². The molecule has 2 N–H and O–H groups in total. The van der Waals surface area contributed by atoms with E-state index >= 15 is 0 Å². The highest BCUT2D eigenvalue weighted by atomic mass is 32.2. The molecule has 158 valence electrons. The summed E-state index contributed by atoms with van der Waals surface area (Å²) in [4.78, 5) is 43.1. The van der Waals surface area contributed by atoms with E-state index < -0.39 is 11.6 Å². The van der Waals surface area contributed by atoms with Crippen LogP contribution in [-0.2, 0) is 11.3 Å². The fourth-order valence-corrected chi connectivity index (χ4v) is 5.45. The van der Waals surface area contributed by atoms with E-state index in [2.05, 4.69) is 33.0 Å². The van der Waals surface area contributed by atoms with Gasteiger partial charge >= 0.3 is 6.03 Å². The number of piperazine rings is 1. The summed E-state index contributed by atoms with van der Waals surface area (Å²) in [6, 6.07) is 11.2. The maximum Gasteiger partial charge on any atom is 0.322 e. The lowest BCUT2D eigenvalue weighted by atomic mass is 10.1. The molecule has 1 atom stereocenters. The summed E-state index contributed by atoms with van der Waals surface area (Å²) in [5.74, 6) is 0.0216. The van der Waals surface area contributed by atoms with Crippen molar-refractivity contribution < 1.29 is 14.4 Å². The highest BCUT2D eigenvalue weighted by Gasteiger charge is 2.42. The van der Waals surface area contributed by atoms with Gasteiger partial charge in [-0.2, -0.15) is 0 Å². The summed E-state index contributed by atoms with van der Waals surface area (Å²) in [5.41, 5.74) is -0.340. The molecule has 7 nitrogen and oxygen atoms in total. The standard InChI is InChI=1S/C21H24N4O3S2/c1-21(19(27)22-20(28)23-21)14-30-17-7-3-2-6-16(17)18(26)25-10-8-24(9-11-25)13-15-5-4-12-29-15/h2-7,12H,8-11,13-14H2,1H3,(H2,22,23,27,28)/t21-/m0/s1. The maximum atomic E-state index is 13.2. The molecule has 2 aliphatic rings. The fraction of sp³-hybridized carbons (Fsp3) is 0.381. The van der Waals surface area contributed by atoms with Gasteiger partial charge in [0.15, 0.2) is 0 Å². The van der Waals surface area contributed by atoms with Crippen LogP contribution in [-0.4, -0.2) is 65.1 Å². The SMILES string of the molecule is C[C@@]1(CSc2ccccc2C(=O)N2CCN(Cc3cccs3)CC2)NC(=O)NC1=O. The lowest BCUT2D eigenvalue weighted by Gasteiger charge is -2.34. The number of thiophene rings is 1. The van der Waals surface area contributed by atoms with Crippen LogP contribution in [0.5, 0.6) is 0 Å². The second kappa shape index (κ2) is 8.79. The summed E-state index contributed by atoms with van der Waals surface area (Å²) in [7, 11) is 0. The number of imide groups is 1. The van der Waals surface area contributed by atoms with Crippen molar-refractivity contribution in [2.45, 2.75) is 23.9 Å². The van der Waals surface area contributed by atoms with Gasteiger partial charge in [0.05, 0.1) is 5.56 Å². The quantitative estimate of drug-likeness (QED) is 0.528. The van der Waals surface area contributed by atoms with Crippen molar-refractivity contribution in [3.8, 4) is 0 Å².